The normalized spacial score (nSPS) is 19.6. The summed E-state index contributed by atoms with van der Waals surface area (Å²) in [4.78, 5) is 26.6. The van der Waals surface area contributed by atoms with Crippen LogP contribution in [0, 0.1) is 5.92 Å². The first kappa shape index (κ1) is 17.4. The van der Waals surface area contributed by atoms with Gasteiger partial charge in [-0.3, -0.25) is 14.5 Å². The molecule has 1 aliphatic carbocycles. The Balaban J connectivity index is 1.79. The van der Waals surface area contributed by atoms with E-state index in [1.54, 1.807) is 24.3 Å². The fourth-order valence-electron chi connectivity index (χ4n) is 2.89. The van der Waals surface area contributed by atoms with Gasteiger partial charge in [0.25, 0.3) is 11.8 Å². The second kappa shape index (κ2) is 5.81. The molecule has 5 heteroatoms. The summed E-state index contributed by atoms with van der Waals surface area (Å²) in [7, 11) is -1.94. The molecule has 1 fully saturated rings. The highest BCUT2D eigenvalue weighted by molar-refractivity contribution is 6.74. The Morgan fingerprint density at radius 1 is 1.12 bits per heavy atom. The van der Waals surface area contributed by atoms with Crippen LogP contribution in [0.5, 0.6) is 0 Å². The zero-order valence-corrected chi connectivity index (χ0v) is 16.3. The molecule has 0 bridgehead atoms. The Bertz CT molecular complexity index is 638. The summed E-state index contributed by atoms with van der Waals surface area (Å²) in [6.07, 6.45) is 2.22. The number of nitrogens with zero attached hydrogens (tertiary/aromatic N) is 1. The molecule has 0 N–H and O–H groups in total. The van der Waals surface area contributed by atoms with E-state index < -0.39 is 8.32 Å². The number of amides is 2. The first-order chi connectivity index (χ1) is 11.1. The molecular weight excluding hydrogens is 318 g/mol. The second-order valence-electron chi connectivity index (χ2n) is 8.52. The number of hydrogen-bond donors (Lipinski definition) is 0. The summed E-state index contributed by atoms with van der Waals surface area (Å²) >= 11 is 0. The Morgan fingerprint density at radius 2 is 1.62 bits per heavy atom. The number of carbonyl (C=O) groups excluding carboxylic acids is 2. The lowest BCUT2D eigenvalue weighted by Crippen LogP contribution is -2.48. The number of benzene rings is 1. The average Bonchev–Trinajstić information content (AvgIpc) is 3.30. The van der Waals surface area contributed by atoms with Crippen LogP contribution in [0.2, 0.25) is 18.1 Å². The minimum Gasteiger partial charge on any atom is -0.412 e. The zero-order valence-electron chi connectivity index (χ0n) is 15.3. The monoisotopic (exact) mass is 345 g/mol. The molecule has 1 saturated carbocycles. The molecular formula is C19H27NO3Si. The molecule has 1 aromatic carbocycles. The summed E-state index contributed by atoms with van der Waals surface area (Å²) in [6, 6.07) is 7.07. The Labute approximate surface area is 145 Å². The highest BCUT2D eigenvalue weighted by atomic mass is 28.4. The van der Waals surface area contributed by atoms with Crippen LogP contribution in [-0.4, -0.2) is 37.7 Å². The SMILES string of the molecule is CC(C)(C)[Si](C)(C)O[C@@H](CN1C(=O)c2ccccc2C1=O)C1CC1. The van der Waals surface area contributed by atoms with E-state index in [0.717, 1.165) is 12.8 Å². The van der Waals surface area contributed by atoms with Gasteiger partial charge in [-0.25, -0.2) is 0 Å². The van der Waals surface area contributed by atoms with Crippen molar-refractivity contribution in [2.24, 2.45) is 5.92 Å². The van der Waals surface area contributed by atoms with Crippen LogP contribution < -0.4 is 0 Å². The summed E-state index contributed by atoms with van der Waals surface area (Å²) < 4.78 is 6.58. The van der Waals surface area contributed by atoms with E-state index in [2.05, 4.69) is 33.9 Å². The van der Waals surface area contributed by atoms with Crippen LogP contribution in [0.4, 0.5) is 0 Å². The van der Waals surface area contributed by atoms with E-state index in [1.165, 1.54) is 4.90 Å². The van der Waals surface area contributed by atoms with Gasteiger partial charge in [0, 0.05) is 0 Å². The van der Waals surface area contributed by atoms with Crippen LogP contribution in [-0.2, 0) is 4.43 Å². The van der Waals surface area contributed by atoms with Gasteiger partial charge in [0.15, 0.2) is 8.32 Å². The lowest BCUT2D eigenvalue weighted by atomic mass is 10.1. The molecule has 2 amide bonds. The van der Waals surface area contributed by atoms with E-state index in [4.69, 9.17) is 4.43 Å². The second-order valence-corrected chi connectivity index (χ2v) is 13.3. The predicted molar refractivity (Wildman–Crippen MR) is 96.6 cm³/mol. The van der Waals surface area contributed by atoms with Crippen molar-refractivity contribution in [3.05, 3.63) is 35.4 Å². The molecule has 130 valence electrons. The molecule has 0 saturated heterocycles. The third kappa shape index (κ3) is 3.07. The summed E-state index contributed by atoms with van der Waals surface area (Å²) in [5, 5.41) is 0.113. The Kier molecular flexibility index (Phi) is 4.20. The van der Waals surface area contributed by atoms with Crippen molar-refractivity contribution < 1.29 is 14.0 Å². The van der Waals surface area contributed by atoms with Crippen LogP contribution >= 0.6 is 0 Å². The van der Waals surface area contributed by atoms with Crippen molar-refractivity contribution in [2.45, 2.75) is 57.8 Å². The number of hydrogen-bond acceptors (Lipinski definition) is 3. The molecule has 4 nitrogen and oxygen atoms in total. The maximum absolute atomic E-state index is 12.6. The van der Waals surface area contributed by atoms with Crippen molar-refractivity contribution in [2.75, 3.05) is 6.54 Å². The van der Waals surface area contributed by atoms with Crippen LogP contribution in [0.1, 0.15) is 54.3 Å². The van der Waals surface area contributed by atoms with Gasteiger partial charge in [0.05, 0.1) is 23.8 Å². The zero-order chi connectivity index (χ0) is 17.7. The molecule has 0 aromatic heterocycles. The van der Waals surface area contributed by atoms with E-state index >= 15 is 0 Å². The highest BCUT2D eigenvalue weighted by Crippen LogP contribution is 2.42. The fourth-order valence-corrected chi connectivity index (χ4v) is 4.27. The number of carbonyl (C=O) groups is 2. The molecule has 0 spiro atoms. The van der Waals surface area contributed by atoms with Gasteiger partial charge in [0.2, 0.25) is 0 Å². The summed E-state index contributed by atoms with van der Waals surface area (Å²) in [5.74, 6) is 0.114. The predicted octanol–water partition coefficient (Wildman–Crippen LogP) is 4.08. The average molecular weight is 346 g/mol. The summed E-state index contributed by atoms with van der Waals surface area (Å²) in [5.41, 5.74) is 1.04. The van der Waals surface area contributed by atoms with Gasteiger partial charge in [-0.15, -0.1) is 0 Å². The van der Waals surface area contributed by atoms with Gasteiger partial charge in [-0.05, 0) is 49.0 Å². The van der Waals surface area contributed by atoms with Crippen molar-refractivity contribution in [3.8, 4) is 0 Å². The third-order valence-corrected chi connectivity index (χ3v) is 10.1. The molecule has 3 rings (SSSR count). The number of imide groups is 1. The van der Waals surface area contributed by atoms with Crippen LogP contribution in [0.25, 0.3) is 0 Å². The first-order valence-electron chi connectivity index (χ1n) is 8.75. The molecule has 1 atom stereocenters. The smallest absolute Gasteiger partial charge is 0.261 e. The lowest BCUT2D eigenvalue weighted by molar-refractivity contribution is 0.0532. The molecule has 1 aromatic rings. The topological polar surface area (TPSA) is 46.6 Å². The van der Waals surface area contributed by atoms with E-state index in [0.29, 0.717) is 23.6 Å². The maximum atomic E-state index is 12.6. The number of rotatable bonds is 5. The lowest BCUT2D eigenvalue weighted by Gasteiger charge is -2.40. The van der Waals surface area contributed by atoms with Gasteiger partial charge >= 0.3 is 0 Å². The minimum absolute atomic E-state index is 0.0342. The molecule has 2 aliphatic rings. The quantitative estimate of drug-likeness (QED) is 0.597. The van der Waals surface area contributed by atoms with E-state index in [-0.39, 0.29) is 23.0 Å². The molecule has 0 unspecified atom stereocenters. The maximum Gasteiger partial charge on any atom is 0.261 e. The van der Waals surface area contributed by atoms with Crippen molar-refractivity contribution >= 4 is 20.1 Å². The van der Waals surface area contributed by atoms with Gasteiger partial charge < -0.3 is 4.43 Å². The minimum atomic E-state index is -1.94. The number of fused-ring (bicyclic) bond motifs is 1. The van der Waals surface area contributed by atoms with Gasteiger partial charge in [-0.2, -0.15) is 0 Å². The first-order valence-corrected chi connectivity index (χ1v) is 11.7. The van der Waals surface area contributed by atoms with Gasteiger partial charge in [-0.1, -0.05) is 32.9 Å². The Hall–Kier alpha value is -1.46. The highest BCUT2D eigenvalue weighted by Gasteiger charge is 2.45. The van der Waals surface area contributed by atoms with Gasteiger partial charge in [0.1, 0.15) is 0 Å². The fraction of sp³-hybridized carbons (Fsp3) is 0.579. The van der Waals surface area contributed by atoms with Crippen LogP contribution in [0.3, 0.4) is 0 Å². The van der Waals surface area contributed by atoms with Crippen molar-refractivity contribution in [1.29, 1.82) is 0 Å². The van der Waals surface area contributed by atoms with E-state index in [1.807, 2.05) is 0 Å². The van der Waals surface area contributed by atoms with Crippen molar-refractivity contribution in [1.82, 2.24) is 4.90 Å². The molecule has 1 aliphatic heterocycles. The van der Waals surface area contributed by atoms with E-state index in [9.17, 15) is 9.59 Å². The Morgan fingerprint density at radius 3 is 2.04 bits per heavy atom. The molecule has 0 radical (unpaired) electrons. The largest absolute Gasteiger partial charge is 0.412 e. The molecule has 1 heterocycles. The van der Waals surface area contributed by atoms with Crippen molar-refractivity contribution in [3.63, 3.8) is 0 Å². The van der Waals surface area contributed by atoms with Crippen LogP contribution in [0.15, 0.2) is 24.3 Å². The molecule has 24 heavy (non-hydrogen) atoms. The standard InChI is InChI=1S/C19H27NO3Si/c1-19(2,3)24(4,5)23-16(13-10-11-13)12-20-17(21)14-8-6-7-9-15(14)18(20)22/h6-9,13,16H,10-12H2,1-5H3/t16-/m0/s1. The summed E-state index contributed by atoms with van der Waals surface area (Å²) in [6.45, 7) is 11.5. The third-order valence-electron chi connectivity index (χ3n) is 5.64.